The molecule has 1 aliphatic heterocycles. The number of nitrogens with zero attached hydrogens (tertiary/aromatic N) is 4. The molecular weight excluding hydrogens is 614 g/mol. The molecule has 10 heteroatoms. The van der Waals surface area contributed by atoms with Crippen LogP contribution in [0.1, 0.15) is 69.5 Å². The maximum atomic E-state index is 15.6. The maximum absolute atomic E-state index is 15.6. The van der Waals surface area contributed by atoms with Crippen LogP contribution in [0.4, 0.5) is 4.39 Å². The van der Waals surface area contributed by atoms with Crippen LogP contribution in [-0.2, 0) is 30.1 Å². The fraction of sp³-hybridized carbons (Fsp3) is 0.405. The van der Waals surface area contributed by atoms with Crippen LogP contribution >= 0.6 is 11.8 Å². The number of halogens is 1. The molecule has 5 aromatic rings. The largest absolute Gasteiger partial charge is 0.481 e. The molecule has 0 radical (unpaired) electrons. The number of aryl methyl sites for hydroxylation is 2. The molecule has 1 aliphatic rings. The van der Waals surface area contributed by atoms with Gasteiger partial charge in [0, 0.05) is 48.0 Å². The zero-order valence-corrected chi connectivity index (χ0v) is 28.5. The number of carboxylic acid groups (broad SMARTS) is 1. The van der Waals surface area contributed by atoms with Gasteiger partial charge in [-0.15, -0.1) is 0 Å². The van der Waals surface area contributed by atoms with Crippen molar-refractivity contribution >= 4 is 28.6 Å². The van der Waals surface area contributed by atoms with E-state index in [1.807, 2.05) is 43.2 Å². The number of H-pyrrole nitrogens is 1. The van der Waals surface area contributed by atoms with Crippen molar-refractivity contribution < 1.29 is 19.0 Å². The summed E-state index contributed by atoms with van der Waals surface area (Å²) in [6.07, 6.45) is 7.37. The van der Waals surface area contributed by atoms with Crippen molar-refractivity contribution in [3.05, 3.63) is 89.3 Å². The summed E-state index contributed by atoms with van der Waals surface area (Å²) in [4.78, 5) is 24.5. The molecule has 0 unspecified atom stereocenters. The Bertz CT molecular complexity index is 1920. The molecule has 0 saturated heterocycles. The number of aromatic nitrogens is 5. The van der Waals surface area contributed by atoms with Crippen LogP contribution in [0.2, 0.25) is 0 Å². The van der Waals surface area contributed by atoms with Crippen LogP contribution in [0.3, 0.4) is 0 Å². The minimum absolute atomic E-state index is 0.0739. The quantitative estimate of drug-likeness (QED) is 0.200. The molecule has 0 saturated carbocycles. The Balaban J connectivity index is 1.44. The van der Waals surface area contributed by atoms with E-state index in [-0.39, 0.29) is 11.2 Å². The molecule has 4 heterocycles. The van der Waals surface area contributed by atoms with Gasteiger partial charge in [0.2, 0.25) is 0 Å². The summed E-state index contributed by atoms with van der Waals surface area (Å²) in [7, 11) is 1.85. The lowest BCUT2D eigenvalue weighted by Crippen LogP contribution is -2.27. The van der Waals surface area contributed by atoms with E-state index >= 15 is 4.39 Å². The van der Waals surface area contributed by atoms with Crippen molar-refractivity contribution in [2.75, 3.05) is 11.5 Å². The van der Waals surface area contributed by atoms with E-state index in [0.717, 1.165) is 58.4 Å². The number of thioether (sulfide) groups is 1. The summed E-state index contributed by atoms with van der Waals surface area (Å²) >= 11 is 1.88. The molecular formula is C37H42FN5O3S. The van der Waals surface area contributed by atoms with Gasteiger partial charge in [-0.25, -0.2) is 14.1 Å². The van der Waals surface area contributed by atoms with Crippen molar-refractivity contribution in [2.24, 2.45) is 18.4 Å². The van der Waals surface area contributed by atoms with Crippen LogP contribution in [0, 0.1) is 17.2 Å². The smallest absolute Gasteiger partial charge is 0.306 e. The Labute approximate surface area is 279 Å². The highest BCUT2D eigenvalue weighted by Crippen LogP contribution is 2.40. The zero-order chi connectivity index (χ0) is 33.3. The van der Waals surface area contributed by atoms with E-state index in [4.69, 9.17) is 14.8 Å². The molecule has 2 aromatic carbocycles. The minimum Gasteiger partial charge on any atom is -0.481 e. The van der Waals surface area contributed by atoms with Gasteiger partial charge in [-0.2, -0.15) is 16.9 Å². The third-order valence-corrected chi connectivity index (χ3v) is 10.8. The molecule has 47 heavy (non-hydrogen) atoms. The van der Waals surface area contributed by atoms with Crippen LogP contribution in [-0.4, -0.2) is 47.3 Å². The number of rotatable bonds is 4. The standard InChI is InChI=1S/C37H42FN5O3S/c1-23(34(44)45)18-24-8-6-9-25(19-24)37(4)14-7-13-36(2,3)22-47-17-12-28-27-11-16-39-30(27)21-29(38)32(28)46-26-10-15-40-31(20-26)33-41-35(37)42-43(33)5/h6,8-11,15-16,19-21,23,39H,7,12-14,17-18,22H2,1-5H3,(H,44,45)/t23-,37+/m0/s1. The highest BCUT2D eigenvalue weighted by Gasteiger charge is 2.35. The predicted octanol–water partition coefficient (Wildman–Crippen LogP) is 8.34. The molecule has 0 fully saturated rings. The Morgan fingerprint density at radius 2 is 2.00 bits per heavy atom. The molecule has 3 aromatic heterocycles. The van der Waals surface area contributed by atoms with Gasteiger partial charge in [-0.3, -0.25) is 9.78 Å². The molecule has 6 rings (SSSR count). The summed E-state index contributed by atoms with van der Waals surface area (Å²) in [5.41, 5.74) is 3.74. The molecule has 0 spiro atoms. The molecule has 4 bridgehead atoms. The van der Waals surface area contributed by atoms with Crippen LogP contribution in [0.25, 0.3) is 22.4 Å². The number of aromatic amines is 1. The van der Waals surface area contributed by atoms with Crippen LogP contribution in [0.15, 0.2) is 60.9 Å². The SMILES string of the molecule is C[C@@H](Cc1cccc([C@@]2(C)CCCC(C)(C)CSCCc3c(c(F)cc4[nH]ccc34)Oc3ccnc(c3)-c3nc2nn3C)c1)C(=O)O. The fourth-order valence-electron chi connectivity index (χ4n) is 6.52. The summed E-state index contributed by atoms with van der Waals surface area (Å²) in [5.74, 6) is 2.04. The number of nitrogens with one attached hydrogen (secondary N) is 1. The van der Waals surface area contributed by atoms with Crippen molar-refractivity contribution in [3.8, 4) is 23.0 Å². The van der Waals surface area contributed by atoms with Gasteiger partial charge in [0.1, 0.15) is 11.4 Å². The number of ether oxygens (including phenoxy) is 1. The minimum atomic E-state index is -0.809. The number of aliphatic carboxylic acids is 1. The first-order valence-electron chi connectivity index (χ1n) is 16.2. The Morgan fingerprint density at radius 3 is 2.81 bits per heavy atom. The van der Waals surface area contributed by atoms with Crippen molar-refractivity contribution in [1.82, 2.24) is 24.7 Å². The van der Waals surface area contributed by atoms with Crippen molar-refractivity contribution in [3.63, 3.8) is 0 Å². The number of carbonyl (C=O) groups is 1. The number of fused-ring (bicyclic) bond motifs is 8. The zero-order valence-electron chi connectivity index (χ0n) is 27.6. The summed E-state index contributed by atoms with van der Waals surface area (Å²) in [5, 5.41) is 15.4. The first-order valence-corrected chi connectivity index (χ1v) is 17.3. The summed E-state index contributed by atoms with van der Waals surface area (Å²) in [6.45, 7) is 8.53. The van der Waals surface area contributed by atoms with Gasteiger partial charge in [-0.05, 0) is 72.8 Å². The van der Waals surface area contributed by atoms with Gasteiger partial charge >= 0.3 is 5.97 Å². The Morgan fingerprint density at radius 1 is 1.17 bits per heavy atom. The summed E-state index contributed by atoms with van der Waals surface area (Å²) in [6, 6.07) is 15.2. The number of pyridine rings is 1. The number of hydrogen-bond donors (Lipinski definition) is 2. The highest BCUT2D eigenvalue weighted by molar-refractivity contribution is 7.99. The van der Waals surface area contributed by atoms with Gasteiger partial charge in [0.05, 0.1) is 11.3 Å². The lowest BCUT2D eigenvalue weighted by Gasteiger charge is -2.31. The third-order valence-electron chi connectivity index (χ3n) is 9.35. The van der Waals surface area contributed by atoms with Gasteiger partial charge in [0.25, 0.3) is 0 Å². The van der Waals surface area contributed by atoms with E-state index in [2.05, 4.69) is 42.9 Å². The normalized spacial score (nSPS) is 19.3. The molecule has 0 amide bonds. The lowest BCUT2D eigenvalue weighted by atomic mass is 9.75. The van der Waals surface area contributed by atoms with Gasteiger partial charge < -0.3 is 14.8 Å². The third kappa shape index (κ3) is 6.93. The molecule has 0 aliphatic carbocycles. The fourth-order valence-corrected chi connectivity index (χ4v) is 7.71. The topological polar surface area (TPSA) is 106 Å². The average molecular weight is 656 g/mol. The molecule has 2 N–H and O–H groups in total. The first kappa shape index (κ1) is 32.7. The second-order valence-corrected chi connectivity index (χ2v) is 14.9. The van der Waals surface area contributed by atoms with Crippen molar-refractivity contribution in [2.45, 2.75) is 65.2 Å². The van der Waals surface area contributed by atoms with Gasteiger partial charge in [0.15, 0.2) is 23.2 Å². The number of benzene rings is 2. The Kier molecular flexibility index (Phi) is 9.16. The van der Waals surface area contributed by atoms with Gasteiger partial charge in [-0.1, -0.05) is 51.5 Å². The predicted molar refractivity (Wildman–Crippen MR) is 185 cm³/mol. The van der Waals surface area contributed by atoms with Crippen molar-refractivity contribution in [1.29, 1.82) is 0 Å². The average Bonchev–Trinajstić information content (AvgIpc) is 3.66. The van der Waals surface area contributed by atoms with Crippen LogP contribution in [0.5, 0.6) is 11.5 Å². The van der Waals surface area contributed by atoms with E-state index in [1.54, 1.807) is 29.9 Å². The highest BCUT2D eigenvalue weighted by atomic mass is 32.2. The number of hydrogen-bond acceptors (Lipinski definition) is 6. The van der Waals surface area contributed by atoms with E-state index in [0.29, 0.717) is 35.9 Å². The van der Waals surface area contributed by atoms with E-state index in [9.17, 15) is 9.90 Å². The monoisotopic (exact) mass is 655 g/mol. The Hall–Kier alpha value is -4.18. The van der Waals surface area contributed by atoms with Crippen LogP contribution < -0.4 is 4.74 Å². The summed E-state index contributed by atoms with van der Waals surface area (Å²) < 4.78 is 23.7. The molecule has 246 valence electrons. The molecule has 2 atom stereocenters. The number of carboxylic acids is 1. The second-order valence-electron chi connectivity index (χ2n) is 13.8. The lowest BCUT2D eigenvalue weighted by molar-refractivity contribution is -0.141. The van der Waals surface area contributed by atoms with E-state index < -0.39 is 23.1 Å². The maximum Gasteiger partial charge on any atom is 0.306 e. The molecule has 8 nitrogen and oxygen atoms in total. The van der Waals surface area contributed by atoms with E-state index in [1.165, 1.54) is 6.07 Å². The second kappa shape index (κ2) is 13.1. The first-order chi connectivity index (χ1) is 22.4.